The number of aryl methyl sites for hydroxylation is 1. The third-order valence-corrected chi connectivity index (χ3v) is 7.43. The predicted octanol–water partition coefficient (Wildman–Crippen LogP) is 4.09. The molecule has 2 atom stereocenters. The number of rotatable bonds is 7. The van der Waals surface area contributed by atoms with Gasteiger partial charge in [0.1, 0.15) is 28.5 Å². The predicted molar refractivity (Wildman–Crippen MR) is 157 cm³/mol. The van der Waals surface area contributed by atoms with Crippen LogP contribution in [0, 0.1) is 0 Å². The highest BCUT2D eigenvalue weighted by Crippen LogP contribution is 2.45. The molecule has 0 radical (unpaired) electrons. The molecule has 3 aromatic heterocycles. The number of phenolic OH excluding ortho intramolecular Hbond substituents is 1. The van der Waals surface area contributed by atoms with Crippen LogP contribution in [-0.2, 0) is 11.8 Å². The molecule has 42 heavy (non-hydrogen) atoms. The fourth-order valence-electron chi connectivity index (χ4n) is 5.09. The normalized spacial score (nSPS) is 18.2. The van der Waals surface area contributed by atoms with Crippen LogP contribution in [0.15, 0.2) is 49.4 Å². The highest BCUT2D eigenvalue weighted by Gasteiger charge is 2.31. The fourth-order valence-corrected chi connectivity index (χ4v) is 5.09. The number of hydrogen-bond donors (Lipinski definition) is 6. The summed E-state index contributed by atoms with van der Waals surface area (Å²) in [4.78, 5) is 37.4. The van der Waals surface area contributed by atoms with Crippen LogP contribution in [0.3, 0.4) is 0 Å². The average Bonchev–Trinajstić information content (AvgIpc) is 3.59. The van der Waals surface area contributed by atoms with Crippen molar-refractivity contribution in [2.75, 3.05) is 17.2 Å². The smallest absolute Gasteiger partial charge is 0.339 e. The summed E-state index contributed by atoms with van der Waals surface area (Å²) >= 11 is 0. The zero-order chi connectivity index (χ0) is 30.0. The molecular weight excluding hydrogens is 540 g/mol. The van der Waals surface area contributed by atoms with Crippen LogP contribution in [0.4, 0.5) is 17.5 Å². The van der Waals surface area contributed by atoms with Crippen molar-refractivity contribution in [2.45, 2.75) is 50.6 Å². The molecule has 2 fully saturated rings. The number of carbonyl (C=O) groups excluding carboxylic acids is 1. The summed E-state index contributed by atoms with van der Waals surface area (Å²) in [5.74, 6) is 0.0701. The van der Waals surface area contributed by atoms with Gasteiger partial charge < -0.3 is 35.8 Å². The van der Waals surface area contributed by atoms with Crippen LogP contribution in [0.25, 0.3) is 11.0 Å². The Morgan fingerprint density at radius 2 is 1.95 bits per heavy atom. The third kappa shape index (κ3) is 6.29. The highest BCUT2D eigenvalue weighted by molar-refractivity contribution is 5.93. The molecule has 0 bridgehead atoms. The van der Waals surface area contributed by atoms with Gasteiger partial charge in [-0.05, 0) is 68.4 Å². The van der Waals surface area contributed by atoms with Crippen LogP contribution in [0.5, 0.6) is 11.5 Å². The number of aromatic nitrogens is 5. The molecule has 2 aliphatic rings. The van der Waals surface area contributed by atoms with Crippen molar-refractivity contribution in [3.05, 3.63) is 60.6 Å². The molecule has 1 amide bonds. The van der Waals surface area contributed by atoms with E-state index in [2.05, 4.69) is 40.4 Å². The van der Waals surface area contributed by atoms with Crippen molar-refractivity contribution >= 4 is 40.4 Å². The van der Waals surface area contributed by atoms with Gasteiger partial charge in [0, 0.05) is 38.1 Å². The van der Waals surface area contributed by atoms with E-state index in [1.165, 1.54) is 30.5 Å². The number of anilines is 3. The second-order valence-corrected chi connectivity index (χ2v) is 10.6. The minimum atomic E-state index is -1.27. The Morgan fingerprint density at radius 3 is 2.60 bits per heavy atom. The van der Waals surface area contributed by atoms with Crippen molar-refractivity contribution in [1.29, 1.82) is 0 Å². The lowest BCUT2D eigenvalue weighted by atomic mass is 9.99. The summed E-state index contributed by atoms with van der Waals surface area (Å²) < 4.78 is 1.73. The van der Waals surface area contributed by atoms with Gasteiger partial charge in [0.05, 0.1) is 17.3 Å². The monoisotopic (exact) mass is 574 g/mol. The number of H-pyrrole nitrogens is 1. The first-order chi connectivity index (χ1) is 20.1. The van der Waals surface area contributed by atoms with E-state index < -0.39 is 5.97 Å². The number of aromatic carboxylic acids is 1. The number of fused-ring (bicyclic) bond motifs is 1. The summed E-state index contributed by atoms with van der Waals surface area (Å²) in [6.45, 7) is 6.38. The molecule has 4 heterocycles. The lowest BCUT2D eigenvalue weighted by Gasteiger charge is -2.38. The van der Waals surface area contributed by atoms with Gasteiger partial charge in [0.15, 0.2) is 0 Å². The molecule has 220 valence electrons. The molecule has 1 aliphatic carbocycles. The number of nitrogens with one attached hydrogen (secondary N) is 3. The molecule has 13 nitrogen and oxygen atoms in total. The van der Waals surface area contributed by atoms with Gasteiger partial charge in [-0.25, -0.2) is 4.79 Å². The SMILES string of the molecule is C=CC(=O)N1C[C@H](Nc2nc(Nc3cnn(C)c3)nc3[nH]cc(C4CC4)c23)CC[C@@H]1C.O=C(O)c1cc(O)ccc1O. The van der Waals surface area contributed by atoms with E-state index in [9.17, 15) is 9.59 Å². The third-order valence-electron chi connectivity index (χ3n) is 7.43. The molecule has 1 saturated heterocycles. The van der Waals surface area contributed by atoms with Gasteiger partial charge in [-0.15, -0.1) is 0 Å². The minimum absolute atomic E-state index is 0.0221. The number of carboxylic acids is 1. The first kappa shape index (κ1) is 28.5. The van der Waals surface area contributed by atoms with Gasteiger partial charge in [0.2, 0.25) is 11.9 Å². The number of amides is 1. The van der Waals surface area contributed by atoms with Crippen molar-refractivity contribution in [3.8, 4) is 11.5 Å². The Labute approximate surface area is 241 Å². The van der Waals surface area contributed by atoms with Gasteiger partial charge in [-0.1, -0.05) is 6.58 Å². The Bertz CT molecular complexity index is 1630. The van der Waals surface area contributed by atoms with E-state index >= 15 is 0 Å². The standard InChI is InChI=1S/C22H28N8O.C7H6O4/c1-4-18(31)30-12-15(8-5-13(30)2)25-21-19-17(14-6-7-14)10-23-20(19)27-22(28-21)26-16-9-24-29(3)11-16;8-4-1-2-6(9)5(3-4)7(10)11/h4,9-11,13-15H,1,5-8,12H2,2-3H3,(H3,23,25,26,27,28);1-3,8-9H,(H,10,11)/t13-,15+;/m0./s1. The number of carboxylic acid groups (broad SMARTS) is 1. The summed E-state index contributed by atoms with van der Waals surface area (Å²) in [7, 11) is 1.87. The summed E-state index contributed by atoms with van der Waals surface area (Å²) in [5, 5.41) is 38.3. The Morgan fingerprint density at radius 1 is 1.17 bits per heavy atom. The van der Waals surface area contributed by atoms with Crippen molar-refractivity contribution < 1.29 is 24.9 Å². The number of benzene rings is 1. The summed E-state index contributed by atoms with van der Waals surface area (Å²) in [6, 6.07) is 3.65. The van der Waals surface area contributed by atoms with E-state index in [0.717, 1.165) is 47.5 Å². The maximum absolute atomic E-state index is 12.3. The Balaban J connectivity index is 0.000000271. The highest BCUT2D eigenvalue weighted by atomic mass is 16.4. The second kappa shape index (κ2) is 11.8. The van der Waals surface area contributed by atoms with E-state index in [1.54, 1.807) is 10.9 Å². The maximum Gasteiger partial charge on any atom is 0.339 e. The summed E-state index contributed by atoms with van der Waals surface area (Å²) in [6.07, 6.45) is 11.4. The van der Waals surface area contributed by atoms with Crippen LogP contribution < -0.4 is 10.6 Å². The Kier molecular flexibility index (Phi) is 8.00. The van der Waals surface area contributed by atoms with Crippen molar-refractivity contribution in [2.24, 2.45) is 7.05 Å². The minimum Gasteiger partial charge on any atom is -0.508 e. The van der Waals surface area contributed by atoms with E-state index in [4.69, 9.17) is 25.3 Å². The van der Waals surface area contributed by atoms with Gasteiger partial charge in [0.25, 0.3) is 0 Å². The number of nitrogens with zero attached hydrogens (tertiary/aromatic N) is 5. The van der Waals surface area contributed by atoms with Gasteiger partial charge in [-0.2, -0.15) is 15.1 Å². The second-order valence-electron chi connectivity index (χ2n) is 10.6. The lowest BCUT2D eigenvalue weighted by Crippen LogP contribution is -2.49. The molecule has 4 aromatic rings. The molecule has 13 heteroatoms. The van der Waals surface area contributed by atoms with Crippen molar-refractivity contribution in [3.63, 3.8) is 0 Å². The largest absolute Gasteiger partial charge is 0.508 e. The quantitative estimate of drug-likeness (QED) is 0.139. The zero-order valence-electron chi connectivity index (χ0n) is 23.4. The molecule has 6 rings (SSSR count). The molecule has 0 unspecified atom stereocenters. The zero-order valence-corrected chi connectivity index (χ0v) is 23.4. The van der Waals surface area contributed by atoms with E-state index in [1.807, 2.05) is 18.1 Å². The number of hydrogen-bond acceptors (Lipinski definition) is 9. The van der Waals surface area contributed by atoms with Crippen LogP contribution >= 0.6 is 0 Å². The summed E-state index contributed by atoms with van der Waals surface area (Å²) in [5.41, 5.74) is 2.61. The molecule has 1 saturated carbocycles. The first-order valence-corrected chi connectivity index (χ1v) is 13.7. The van der Waals surface area contributed by atoms with Gasteiger partial charge in [-0.3, -0.25) is 9.48 Å². The first-order valence-electron chi connectivity index (χ1n) is 13.7. The number of likely N-dealkylation sites (tertiary alicyclic amines) is 1. The molecule has 0 spiro atoms. The number of aromatic amines is 1. The topological polar surface area (TPSA) is 182 Å². The van der Waals surface area contributed by atoms with Crippen LogP contribution in [0.1, 0.15) is 54.4 Å². The number of piperidine rings is 1. The lowest BCUT2D eigenvalue weighted by molar-refractivity contribution is -0.129. The van der Waals surface area contributed by atoms with E-state index in [0.29, 0.717) is 18.4 Å². The number of phenols is 2. The molecular formula is C29H34N8O5. The molecule has 1 aliphatic heterocycles. The van der Waals surface area contributed by atoms with Gasteiger partial charge >= 0.3 is 5.97 Å². The van der Waals surface area contributed by atoms with Crippen LogP contribution in [-0.4, -0.2) is 75.5 Å². The molecule has 6 N–H and O–H groups in total. The number of aromatic hydroxyl groups is 2. The Hall–Kier alpha value is -5.07. The molecule has 1 aromatic carbocycles. The fraction of sp³-hybridized carbons (Fsp3) is 0.345. The van der Waals surface area contributed by atoms with E-state index in [-0.39, 0.29) is 35.1 Å². The van der Waals surface area contributed by atoms with Crippen LogP contribution in [0.2, 0.25) is 0 Å². The number of carbonyl (C=O) groups is 2. The maximum atomic E-state index is 12.3. The van der Waals surface area contributed by atoms with Crippen molar-refractivity contribution in [1.82, 2.24) is 29.6 Å². The average molecular weight is 575 g/mol.